The number of nitrogens with one attached hydrogen (secondary N) is 1. The van der Waals surface area contributed by atoms with Crippen LogP contribution >= 0.6 is 11.6 Å². The van der Waals surface area contributed by atoms with Crippen molar-refractivity contribution in [3.05, 3.63) is 129 Å². The van der Waals surface area contributed by atoms with Crippen LogP contribution in [-0.2, 0) is 31.6 Å². The van der Waals surface area contributed by atoms with Crippen LogP contribution in [0, 0.1) is 20.8 Å². The highest BCUT2D eigenvalue weighted by Crippen LogP contribution is 2.45. The number of nitrogens with zero attached hydrogens (tertiary/aromatic N) is 1. The first kappa shape index (κ1) is 35.9. The lowest BCUT2D eigenvalue weighted by atomic mass is 9.80. The highest BCUT2D eigenvalue weighted by Gasteiger charge is 2.43. The Balaban J connectivity index is 1.30. The second kappa shape index (κ2) is 14.2. The van der Waals surface area contributed by atoms with Crippen LogP contribution in [0.5, 0.6) is 5.75 Å². The molecule has 5 rings (SSSR count). The molecule has 0 aromatic heterocycles. The Kier molecular flexibility index (Phi) is 10.4. The van der Waals surface area contributed by atoms with Gasteiger partial charge in [-0.25, -0.2) is 13.1 Å². The SMILES string of the molecule is Cc1c(C)c(S(=O)(=O)NC(N)=NCCC[C@H](N)C(=O)OC(c2ccccc2)(c2ccccc2)c2ccccc2Cl)c(C)c2c1CC(C)(C)O2. The van der Waals surface area contributed by atoms with Crippen LogP contribution in [-0.4, -0.2) is 38.5 Å². The summed E-state index contributed by atoms with van der Waals surface area (Å²) in [4.78, 5) is 18.1. The molecule has 0 fully saturated rings. The summed E-state index contributed by atoms with van der Waals surface area (Å²) in [5.41, 5.74) is 15.7. The number of sulfonamides is 1. The lowest BCUT2D eigenvalue weighted by molar-refractivity contribution is -0.155. The largest absolute Gasteiger partial charge is 0.487 e. The topological polar surface area (TPSA) is 146 Å². The number of benzene rings is 4. The zero-order valence-corrected chi connectivity index (χ0v) is 30.0. The average molecular weight is 703 g/mol. The Morgan fingerprint density at radius 1 is 0.959 bits per heavy atom. The van der Waals surface area contributed by atoms with Crippen molar-refractivity contribution in [2.45, 2.75) is 76.0 Å². The summed E-state index contributed by atoms with van der Waals surface area (Å²) in [7, 11) is -4.07. The maximum Gasteiger partial charge on any atom is 0.324 e. The number of nitrogens with two attached hydrogens (primary N) is 2. The monoisotopic (exact) mass is 702 g/mol. The average Bonchev–Trinajstić information content (AvgIpc) is 3.41. The van der Waals surface area contributed by atoms with E-state index >= 15 is 0 Å². The van der Waals surface area contributed by atoms with Crippen molar-refractivity contribution in [2.24, 2.45) is 16.5 Å². The van der Waals surface area contributed by atoms with Crippen LogP contribution in [0.15, 0.2) is 94.8 Å². The third kappa shape index (κ3) is 7.32. The summed E-state index contributed by atoms with van der Waals surface area (Å²) in [5.74, 6) is -0.295. The number of hydrogen-bond acceptors (Lipinski definition) is 7. The van der Waals surface area contributed by atoms with E-state index in [2.05, 4.69) is 9.71 Å². The second-order valence-electron chi connectivity index (χ2n) is 13.0. The molecule has 1 aliphatic rings. The Labute approximate surface area is 293 Å². The van der Waals surface area contributed by atoms with E-state index in [-0.39, 0.29) is 23.8 Å². The Morgan fingerprint density at radius 3 is 2.12 bits per heavy atom. The van der Waals surface area contributed by atoms with Gasteiger partial charge in [0.1, 0.15) is 17.4 Å². The minimum absolute atomic E-state index is 0.126. The Bertz CT molecular complexity index is 1940. The molecule has 258 valence electrons. The molecule has 0 amide bonds. The van der Waals surface area contributed by atoms with Gasteiger partial charge in [-0.2, -0.15) is 0 Å². The predicted octanol–water partition coefficient (Wildman–Crippen LogP) is 6.21. The molecule has 0 saturated heterocycles. The van der Waals surface area contributed by atoms with Gasteiger partial charge in [-0.1, -0.05) is 90.5 Å². The summed E-state index contributed by atoms with van der Waals surface area (Å²) in [6.07, 6.45) is 1.25. The van der Waals surface area contributed by atoms with E-state index in [0.717, 1.165) is 11.1 Å². The van der Waals surface area contributed by atoms with Crippen molar-refractivity contribution in [2.75, 3.05) is 6.54 Å². The first-order valence-electron chi connectivity index (χ1n) is 16.2. The number of esters is 1. The van der Waals surface area contributed by atoms with Crippen LogP contribution < -0.4 is 20.9 Å². The highest BCUT2D eigenvalue weighted by molar-refractivity contribution is 7.90. The van der Waals surface area contributed by atoms with E-state index in [1.165, 1.54) is 0 Å². The minimum atomic E-state index is -4.07. The highest BCUT2D eigenvalue weighted by atomic mass is 35.5. The molecule has 49 heavy (non-hydrogen) atoms. The number of carbonyl (C=O) groups is 1. The maximum absolute atomic E-state index is 13.7. The van der Waals surface area contributed by atoms with Crippen molar-refractivity contribution >= 4 is 33.6 Å². The van der Waals surface area contributed by atoms with Gasteiger partial charge in [-0.3, -0.25) is 9.79 Å². The zero-order chi connectivity index (χ0) is 35.6. The van der Waals surface area contributed by atoms with Gasteiger partial charge in [0, 0.05) is 45.8 Å². The smallest absolute Gasteiger partial charge is 0.324 e. The van der Waals surface area contributed by atoms with E-state index in [9.17, 15) is 13.2 Å². The van der Waals surface area contributed by atoms with Gasteiger partial charge in [0.15, 0.2) is 5.60 Å². The van der Waals surface area contributed by atoms with Crippen molar-refractivity contribution in [3.63, 3.8) is 0 Å². The molecule has 4 aromatic carbocycles. The molecule has 0 spiro atoms. The van der Waals surface area contributed by atoms with Crippen LogP contribution in [0.25, 0.3) is 0 Å². The molecule has 11 heteroatoms. The Hall–Kier alpha value is -4.38. The van der Waals surface area contributed by atoms with Gasteiger partial charge in [-0.05, 0) is 64.7 Å². The predicted molar refractivity (Wildman–Crippen MR) is 193 cm³/mol. The Morgan fingerprint density at radius 2 is 1.53 bits per heavy atom. The van der Waals surface area contributed by atoms with Gasteiger partial charge < -0.3 is 20.9 Å². The molecule has 4 aromatic rings. The zero-order valence-electron chi connectivity index (χ0n) is 28.4. The molecule has 0 radical (unpaired) electrons. The number of carbonyl (C=O) groups excluding carboxylic acids is 1. The molecule has 0 aliphatic carbocycles. The van der Waals surface area contributed by atoms with Gasteiger partial charge in [0.2, 0.25) is 5.96 Å². The van der Waals surface area contributed by atoms with Crippen LogP contribution in [0.2, 0.25) is 5.02 Å². The van der Waals surface area contributed by atoms with Crippen molar-refractivity contribution in [3.8, 4) is 5.75 Å². The fourth-order valence-corrected chi connectivity index (χ4v) is 8.25. The number of fused-ring (bicyclic) bond motifs is 1. The van der Waals surface area contributed by atoms with E-state index in [1.54, 1.807) is 19.9 Å². The molecule has 0 saturated carbocycles. The number of ether oxygens (including phenoxy) is 2. The van der Waals surface area contributed by atoms with Gasteiger partial charge in [0.25, 0.3) is 10.0 Å². The van der Waals surface area contributed by atoms with Gasteiger partial charge in [0.05, 0.1) is 4.90 Å². The first-order chi connectivity index (χ1) is 23.2. The number of rotatable bonds is 11. The molecule has 1 heterocycles. The van der Waals surface area contributed by atoms with E-state index in [0.29, 0.717) is 51.4 Å². The molecule has 5 N–H and O–H groups in total. The molecule has 1 atom stereocenters. The standard InChI is InChI=1S/C38H43ClN4O5S/c1-24-25(2)34(26(3)33-29(24)23-37(4,5)47-33)49(45,46)43-36(41)42-22-14-21-32(40)35(44)48-38(27-15-8-6-9-16-27,28-17-10-7-11-18-28)30-19-12-13-20-31(30)39/h6-13,15-20,32H,14,21-23,40H2,1-5H3,(H3,41,42,43)/t32-/m0/s1. The van der Waals surface area contributed by atoms with E-state index < -0.39 is 33.2 Å². The van der Waals surface area contributed by atoms with Crippen LogP contribution in [0.1, 0.15) is 65.6 Å². The molecule has 0 bridgehead atoms. The number of hydrogen-bond donors (Lipinski definition) is 3. The lowest BCUT2D eigenvalue weighted by Crippen LogP contribution is -2.42. The summed E-state index contributed by atoms with van der Waals surface area (Å²) in [5, 5.41) is 0.431. The molecular formula is C38H43ClN4O5S. The summed E-state index contributed by atoms with van der Waals surface area (Å²) < 4.78 is 42.0. The maximum atomic E-state index is 13.7. The number of guanidine groups is 1. The second-order valence-corrected chi connectivity index (χ2v) is 15.0. The number of halogens is 1. The normalized spacial score (nSPS) is 14.9. The van der Waals surface area contributed by atoms with Crippen molar-refractivity contribution in [1.29, 1.82) is 0 Å². The molecule has 1 aliphatic heterocycles. The van der Waals surface area contributed by atoms with E-state index in [1.807, 2.05) is 99.6 Å². The van der Waals surface area contributed by atoms with Crippen molar-refractivity contribution < 1.29 is 22.7 Å². The summed E-state index contributed by atoms with van der Waals surface area (Å²) in [6.45, 7) is 9.51. The van der Waals surface area contributed by atoms with Crippen LogP contribution in [0.3, 0.4) is 0 Å². The summed E-state index contributed by atoms with van der Waals surface area (Å²) >= 11 is 6.75. The molecular weight excluding hydrogens is 660 g/mol. The summed E-state index contributed by atoms with van der Waals surface area (Å²) in [6, 6.07) is 25.0. The van der Waals surface area contributed by atoms with Crippen molar-refractivity contribution in [1.82, 2.24) is 4.72 Å². The van der Waals surface area contributed by atoms with Crippen LogP contribution in [0.4, 0.5) is 0 Å². The van der Waals surface area contributed by atoms with Gasteiger partial charge >= 0.3 is 5.97 Å². The third-order valence-electron chi connectivity index (χ3n) is 8.93. The fourth-order valence-electron chi connectivity index (χ4n) is 6.49. The number of aliphatic imine (C=N–C) groups is 1. The molecule has 0 unspecified atom stereocenters. The first-order valence-corrected chi connectivity index (χ1v) is 18.0. The quantitative estimate of drug-likeness (QED) is 0.0554. The van der Waals surface area contributed by atoms with E-state index in [4.69, 9.17) is 32.5 Å². The lowest BCUT2D eigenvalue weighted by Gasteiger charge is -2.36. The minimum Gasteiger partial charge on any atom is -0.487 e. The fraction of sp³-hybridized carbons (Fsp3) is 0.316. The third-order valence-corrected chi connectivity index (χ3v) is 10.9. The van der Waals surface area contributed by atoms with Gasteiger partial charge in [-0.15, -0.1) is 0 Å². The molecule has 9 nitrogen and oxygen atoms in total.